The quantitative estimate of drug-likeness (QED) is 0.904. The lowest BCUT2D eigenvalue weighted by Crippen LogP contribution is -2.41. The summed E-state index contributed by atoms with van der Waals surface area (Å²) in [6.07, 6.45) is 3.22. The number of amides is 1. The predicted molar refractivity (Wildman–Crippen MR) is 80.0 cm³/mol. The topological polar surface area (TPSA) is 60.5 Å². The van der Waals surface area contributed by atoms with Crippen LogP contribution in [0.2, 0.25) is 0 Å². The van der Waals surface area contributed by atoms with Crippen LogP contribution in [0.1, 0.15) is 39.2 Å². The molecule has 5 nitrogen and oxygen atoms in total. The summed E-state index contributed by atoms with van der Waals surface area (Å²) in [6.45, 7) is 7.62. The van der Waals surface area contributed by atoms with E-state index in [-0.39, 0.29) is 17.4 Å². The number of pyridine rings is 1. The minimum Gasteiger partial charge on any atom is -0.478 e. The van der Waals surface area contributed by atoms with Crippen molar-refractivity contribution in [2.75, 3.05) is 13.2 Å². The molecule has 21 heavy (non-hydrogen) atoms. The van der Waals surface area contributed by atoms with E-state index < -0.39 is 0 Å². The van der Waals surface area contributed by atoms with Crippen LogP contribution in [0.15, 0.2) is 18.3 Å². The molecular weight excluding hydrogens is 268 g/mol. The number of nitrogens with zero attached hydrogens (tertiary/aromatic N) is 1. The Hall–Kier alpha value is -1.62. The zero-order valence-corrected chi connectivity index (χ0v) is 13.0. The molecule has 1 amide bonds. The lowest BCUT2D eigenvalue weighted by atomic mass is 9.88. The van der Waals surface area contributed by atoms with Gasteiger partial charge in [-0.3, -0.25) is 4.79 Å². The van der Waals surface area contributed by atoms with Crippen LogP contribution in [0.3, 0.4) is 0 Å². The van der Waals surface area contributed by atoms with Gasteiger partial charge in [-0.1, -0.05) is 6.07 Å². The van der Waals surface area contributed by atoms with E-state index in [1.54, 1.807) is 6.20 Å². The molecule has 1 saturated heterocycles. The molecule has 0 aromatic carbocycles. The Labute approximate surface area is 126 Å². The SMILES string of the molecule is CCOc1ncccc1CNC(=O)[C@@H]1CCOC(C)(C)C1. The minimum absolute atomic E-state index is 0.0148. The van der Waals surface area contributed by atoms with E-state index in [1.807, 2.05) is 32.9 Å². The molecule has 0 aliphatic carbocycles. The molecule has 0 bridgehead atoms. The van der Waals surface area contributed by atoms with Gasteiger partial charge >= 0.3 is 0 Å². The number of carbonyl (C=O) groups is 1. The molecule has 1 fully saturated rings. The zero-order valence-electron chi connectivity index (χ0n) is 13.0. The molecule has 1 N–H and O–H groups in total. The van der Waals surface area contributed by atoms with Crippen molar-refractivity contribution in [1.82, 2.24) is 10.3 Å². The molecule has 0 spiro atoms. The Morgan fingerprint density at radius 2 is 2.38 bits per heavy atom. The number of hydrogen-bond donors (Lipinski definition) is 1. The first-order valence-corrected chi connectivity index (χ1v) is 7.50. The van der Waals surface area contributed by atoms with Crippen LogP contribution in [0.4, 0.5) is 0 Å². The molecule has 2 rings (SSSR count). The molecular formula is C16H24N2O3. The van der Waals surface area contributed by atoms with Gasteiger partial charge in [-0.05, 0) is 39.7 Å². The monoisotopic (exact) mass is 292 g/mol. The van der Waals surface area contributed by atoms with Gasteiger partial charge in [-0.2, -0.15) is 0 Å². The van der Waals surface area contributed by atoms with Crippen LogP contribution in [0, 0.1) is 5.92 Å². The maximum Gasteiger partial charge on any atom is 0.223 e. The second kappa shape index (κ2) is 6.89. The summed E-state index contributed by atoms with van der Waals surface area (Å²) in [5, 5.41) is 2.99. The largest absolute Gasteiger partial charge is 0.478 e. The molecule has 0 radical (unpaired) electrons. The molecule has 0 unspecified atom stereocenters. The van der Waals surface area contributed by atoms with E-state index in [9.17, 15) is 4.79 Å². The third kappa shape index (κ3) is 4.43. The van der Waals surface area contributed by atoms with Crippen molar-refractivity contribution in [3.05, 3.63) is 23.9 Å². The van der Waals surface area contributed by atoms with Gasteiger partial charge in [0.2, 0.25) is 11.8 Å². The standard InChI is InChI=1S/C16H24N2O3/c1-4-20-15-13(6-5-8-17-15)11-18-14(19)12-7-9-21-16(2,3)10-12/h5-6,8,12H,4,7,9-11H2,1-3H3,(H,18,19)/t12-/m1/s1. The third-order valence-corrected chi connectivity index (χ3v) is 3.65. The maximum absolute atomic E-state index is 12.3. The summed E-state index contributed by atoms with van der Waals surface area (Å²) in [6, 6.07) is 3.77. The van der Waals surface area contributed by atoms with Crippen molar-refractivity contribution in [3.8, 4) is 5.88 Å². The molecule has 0 saturated carbocycles. The summed E-state index contributed by atoms with van der Waals surface area (Å²) in [7, 11) is 0. The Bertz CT molecular complexity index is 488. The number of nitrogens with one attached hydrogen (secondary N) is 1. The number of aromatic nitrogens is 1. The van der Waals surface area contributed by atoms with E-state index >= 15 is 0 Å². The van der Waals surface area contributed by atoms with Crippen molar-refractivity contribution in [2.24, 2.45) is 5.92 Å². The summed E-state index contributed by atoms with van der Waals surface area (Å²) < 4.78 is 11.1. The summed E-state index contributed by atoms with van der Waals surface area (Å²) >= 11 is 0. The van der Waals surface area contributed by atoms with E-state index in [1.165, 1.54) is 0 Å². The van der Waals surface area contributed by atoms with Crippen LogP contribution in [-0.2, 0) is 16.1 Å². The maximum atomic E-state index is 12.3. The van der Waals surface area contributed by atoms with Crippen LogP contribution < -0.4 is 10.1 Å². The lowest BCUT2D eigenvalue weighted by molar-refractivity contribution is -0.135. The summed E-state index contributed by atoms with van der Waals surface area (Å²) in [5.74, 6) is 0.686. The van der Waals surface area contributed by atoms with Gasteiger partial charge in [-0.15, -0.1) is 0 Å². The van der Waals surface area contributed by atoms with Gasteiger partial charge in [0.05, 0.1) is 12.2 Å². The highest BCUT2D eigenvalue weighted by molar-refractivity contribution is 5.78. The Morgan fingerprint density at radius 1 is 1.57 bits per heavy atom. The molecule has 5 heteroatoms. The molecule has 116 valence electrons. The second-order valence-corrected chi connectivity index (χ2v) is 5.92. The first kappa shape index (κ1) is 15.8. The Balaban J connectivity index is 1.92. The van der Waals surface area contributed by atoms with Crippen molar-refractivity contribution >= 4 is 5.91 Å². The summed E-state index contributed by atoms with van der Waals surface area (Å²) in [4.78, 5) is 16.5. The van der Waals surface area contributed by atoms with Gasteiger partial charge in [0, 0.05) is 30.8 Å². The third-order valence-electron chi connectivity index (χ3n) is 3.65. The number of carbonyl (C=O) groups excluding carboxylic acids is 1. The zero-order chi connectivity index (χ0) is 15.3. The predicted octanol–water partition coefficient (Wildman–Crippen LogP) is 2.30. The minimum atomic E-state index is -0.217. The van der Waals surface area contributed by atoms with E-state index in [0.717, 1.165) is 18.4 Å². The molecule has 1 aromatic heterocycles. The van der Waals surface area contributed by atoms with Crippen molar-refractivity contribution in [2.45, 2.75) is 45.8 Å². The van der Waals surface area contributed by atoms with Gasteiger partial charge in [0.1, 0.15) is 0 Å². The van der Waals surface area contributed by atoms with E-state index in [2.05, 4.69) is 10.3 Å². The van der Waals surface area contributed by atoms with E-state index in [0.29, 0.717) is 25.6 Å². The fourth-order valence-electron chi connectivity index (χ4n) is 2.61. The van der Waals surface area contributed by atoms with Crippen molar-refractivity contribution < 1.29 is 14.3 Å². The highest BCUT2D eigenvalue weighted by Gasteiger charge is 2.32. The van der Waals surface area contributed by atoms with Crippen LogP contribution >= 0.6 is 0 Å². The lowest BCUT2D eigenvalue weighted by Gasteiger charge is -2.34. The van der Waals surface area contributed by atoms with Gasteiger partial charge < -0.3 is 14.8 Å². The fraction of sp³-hybridized carbons (Fsp3) is 0.625. The van der Waals surface area contributed by atoms with Gasteiger partial charge in [0.15, 0.2) is 0 Å². The highest BCUT2D eigenvalue weighted by Crippen LogP contribution is 2.28. The average Bonchev–Trinajstić information content (AvgIpc) is 2.45. The number of ether oxygens (including phenoxy) is 2. The van der Waals surface area contributed by atoms with Gasteiger partial charge in [-0.25, -0.2) is 4.98 Å². The highest BCUT2D eigenvalue weighted by atomic mass is 16.5. The van der Waals surface area contributed by atoms with Crippen LogP contribution in [-0.4, -0.2) is 29.7 Å². The Kier molecular flexibility index (Phi) is 5.17. The normalized spacial score (nSPS) is 20.8. The van der Waals surface area contributed by atoms with E-state index in [4.69, 9.17) is 9.47 Å². The molecule has 2 heterocycles. The average molecular weight is 292 g/mol. The van der Waals surface area contributed by atoms with Crippen LogP contribution in [0.5, 0.6) is 5.88 Å². The molecule has 1 aromatic rings. The van der Waals surface area contributed by atoms with Gasteiger partial charge in [0.25, 0.3) is 0 Å². The fourth-order valence-corrected chi connectivity index (χ4v) is 2.61. The summed E-state index contributed by atoms with van der Waals surface area (Å²) in [5.41, 5.74) is 0.685. The number of hydrogen-bond acceptors (Lipinski definition) is 4. The first-order valence-electron chi connectivity index (χ1n) is 7.50. The molecule has 1 aliphatic heterocycles. The van der Waals surface area contributed by atoms with Crippen molar-refractivity contribution in [1.29, 1.82) is 0 Å². The molecule has 1 aliphatic rings. The second-order valence-electron chi connectivity index (χ2n) is 5.92. The smallest absolute Gasteiger partial charge is 0.223 e. The Morgan fingerprint density at radius 3 is 3.10 bits per heavy atom. The first-order chi connectivity index (χ1) is 10.0. The van der Waals surface area contributed by atoms with Crippen molar-refractivity contribution in [3.63, 3.8) is 0 Å². The molecule has 1 atom stereocenters. The number of rotatable bonds is 5. The van der Waals surface area contributed by atoms with Crippen LogP contribution in [0.25, 0.3) is 0 Å².